The van der Waals surface area contributed by atoms with Gasteiger partial charge >= 0.3 is 0 Å². The SMILES string of the molecule is O=Cc1[nH]c(=O)c(O)c(O)c1O. The van der Waals surface area contributed by atoms with Crippen molar-refractivity contribution in [3.8, 4) is 17.2 Å². The molecule has 0 amide bonds. The van der Waals surface area contributed by atoms with Crippen LogP contribution in [-0.4, -0.2) is 26.6 Å². The molecule has 0 saturated heterocycles. The molecule has 0 saturated carbocycles. The van der Waals surface area contributed by atoms with Crippen molar-refractivity contribution in [1.29, 1.82) is 0 Å². The summed E-state index contributed by atoms with van der Waals surface area (Å²) in [5, 5.41) is 26.4. The first kappa shape index (κ1) is 8.12. The van der Waals surface area contributed by atoms with Gasteiger partial charge < -0.3 is 20.3 Å². The molecule has 0 aromatic carbocycles. The van der Waals surface area contributed by atoms with Gasteiger partial charge in [0.1, 0.15) is 5.69 Å². The van der Waals surface area contributed by atoms with E-state index in [1.165, 1.54) is 0 Å². The largest absolute Gasteiger partial charge is 0.503 e. The lowest BCUT2D eigenvalue weighted by atomic mass is 10.3. The van der Waals surface area contributed by atoms with Crippen molar-refractivity contribution in [2.45, 2.75) is 0 Å². The summed E-state index contributed by atoms with van der Waals surface area (Å²) in [6.45, 7) is 0. The standard InChI is InChI=1S/C6H5NO5/c8-1-2-3(9)4(10)5(11)6(12)7-2/h1,9,11H,(H2,7,10,12). The number of rotatable bonds is 1. The molecule has 0 unspecified atom stereocenters. The average Bonchev–Trinajstić information content (AvgIpc) is 2.08. The highest BCUT2D eigenvalue weighted by atomic mass is 16.3. The van der Waals surface area contributed by atoms with Crippen molar-refractivity contribution < 1.29 is 20.1 Å². The van der Waals surface area contributed by atoms with Gasteiger partial charge in [-0.05, 0) is 0 Å². The molecule has 0 spiro atoms. The smallest absolute Gasteiger partial charge is 0.294 e. The number of pyridine rings is 1. The van der Waals surface area contributed by atoms with Crippen molar-refractivity contribution in [3.05, 3.63) is 16.0 Å². The van der Waals surface area contributed by atoms with Crippen LogP contribution in [0.15, 0.2) is 4.79 Å². The molecule has 0 atom stereocenters. The zero-order valence-electron chi connectivity index (χ0n) is 5.74. The molecule has 0 aliphatic heterocycles. The number of aromatic nitrogens is 1. The fourth-order valence-electron chi connectivity index (χ4n) is 0.673. The van der Waals surface area contributed by atoms with Crippen molar-refractivity contribution in [3.63, 3.8) is 0 Å². The number of carbonyl (C=O) groups is 1. The summed E-state index contributed by atoms with van der Waals surface area (Å²) in [5.41, 5.74) is -1.51. The van der Waals surface area contributed by atoms with E-state index in [4.69, 9.17) is 15.3 Å². The predicted octanol–water partition coefficient (Wildman–Crippen LogP) is -0.696. The number of carbonyl (C=O) groups excluding carboxylic acids is 1. The van der Waals surface area contributed by atoms with E-state index < -0.39 is 28.5 Å². The van der Waals surface area contributed by atoms with Gasteiger partial charge in [0.05, 0.1) is 0 Å². The molecule has 0 fully saturated rings. The van der Waals surface area contributed by atoms with Crippen LogP contribution in [0.5, 0.6) is 17.2 Å². The maximum absolute atomic E-state index is 10.6. The Kier molecular flexibility index (Phi) is 1.74. The minimum atomic E-state index is -1.03. The minimum Gasteiger partial charge on any atom is -0.503 e. The first-order valence-corrected chi connectivity index (χ1v) is 2.90. The van der Waals surface area contributed by atoms with E-state index in [1.807, 2.05) is 4.98 Å². The Hall–Kier alpha value is -1.98. The second-order valence-electron chi connectivity index (χ2n) is 2.03. The van der Waals surface area contributed by atoms with Gasteiger partial charge in [0.25, 0.3) is 5.56 Å². The monoisotopic (exact) mass is 171 g/mol. The Balaban J connectivity index is 3.60. The fourth-order valence-corrected chi connectivity index (χ4v) is 0.673. The Bertz CT molecular complexity index is 380. The third-order valence-corrected chi connectivity index (χ3v) is 1.28. The average molecular weight is 171 g/mol. The lowest BCUT2D eigenvalue weighted by molar-refractivity contribution is 0.111. The molecule has 0 radical (unpaired) electrons. The second kappa shape index (κ2) is 2.57. The van der Waals surface area contributed by atoms with Crippen LogP contribution >= 0.6 is 0 Å². The third-order valence-electron chi connectivity index (χ3n) is 1.28. The lowest BCUT2D eigenvalue weighted by Crippen LogP contribution is -2.08. The number of hydrogen-bond acceptors (Lipinski definition) is 5. The minimum absolute atomic E-state index is 0.149. The van der Waals surface area contributed by atoms with Crippen molar-refractivity contribution in [2.24, 2.45) is 0 Å². The van der Waals surface area contributed by atoms with Gasteiger partial charge in [-0.2, -0.15) is 0 Å². The number of aldehydes is 1. The van der Waals surface area contributed by atoms with E-state index in [0.717, 1.165) is 0 Å². The summed E-state index contributed by atoms with van der Waals surface area (Å²) in [7, 11) is 0. The predicted molar refractivity (Wildman–Crippen MR) is 37.4 cm³/mol. The van der Waals surface area contributed by atoms with E-state index in [2.05, 4.69) is 0 Å². The highest BCUT2D eigenvalue weighted by Gasteiger charge is 2.14. The van der Waals surface area contributed by atoms with Crippen LogP contribution in [0.4, 0.5) is 0 Å². The first-order valence-electron chi connectivity index (χ1n) is 2.90. The maximum atomic E-state index is 10.6. The van der Waals surface area contributed by atoms with Gasteiger partial charge in [0.15, 0.2) is 12.0 Å². The van der Waals surface area contributed by atoms with E-state index in [9.17, 15) is 9.59 Å². The zero-order chi connectivity index (χ0) is 9.30. The number of aromatic amines is 1. The summed E-state index contributed by atoms with van der Waals surface area (Å²) >= 11 is 0. The van der Waals surface area contributed by atoms with Crippen LogP contribution in [0.1, 0.15) is 10.5 Å². The van der Waals surface area contributed by atoms with Crippen LogP contribution in [0.3, 0.4) is 0 Å². The van der Waals surface area contributed by atoms with Crippen LogP contribution in [0.25, 0.3) is 0 Å². The molecule has 12 heavy (non-hydrogen) atoms. The van der Waals surface area contributed by atoms with E-state index in [0.29, 0.717) is 0 Å². The summed E-state index contributed by atoms with van der Waals surface area (Å²) in [6.07, 6.45) is 0.149. The third kappa shape index (κ3) is 0.986. The molecule has 1 rings (SSSR count). The molecular weight excluding hydrogens is 166 g/mol. The van der Waals surface area contributed by atoms with Crippen molar-refractivity contribution in [1.82, 2.24) is 4.98 Å². The van der Waals surface area contributed by atoms with Gasteiger partial charge in [0, 0.05) is 0 Å². The number of H-pyrrole nitrogens is 1. The molecule has 0 aliphatic rings. The van der Waals surface area contributed by atoms with Crippen LogP contribution in [0, 0.1) is 0 Å². The topological polar surface area (TPSA) is 111 Å². The number of nitrogens with one attached hydrogen (secondary N) is 1. The Morgan fingerprint density at radius 2 is 1.67 bits per heavy atom. The maximum Gasteiger partial charge on any atom is 0.294 e. The van der Waals surface area contributed by atoms with Crippen molar-refractivity contribution in [2.75, 3.05) is 0 Å². The van der Waals surface area contributed by atoms with E-state index >= 15 is 0 Å². The molecule has 1 aromatic heterocycles. The first-order chi connectivity index (χ1) is 5.57. The van der Waals surface area contributed by atoms with Crippen LogP contribution < -0.4 is 5.56 Å². The quantitative estimate of drug-likeness (QED) is 0.418. The molecule has 4 N–H and O–H groups in total. The molecule has 1 heterocycles. The Labute approximate surface area is 65.7 Å². The van der Waals surface area contributed by atoms with Gasteiger partial charge in [-0.3, -0.25) is 9.59 Å². The summed E-state index contributed by atoms with van der Waals surface area (Å²) in [4.78, 5) is 22.6. The molecule has 1 aromatic rings. The zero-order valence-corrected chi connectivity index (χ0v) is 5.74. The molecule has 6 heteroatoms. The Morgan fingerprint density at radius 3 is 2.17 bits per heavy atom. The van der Waals surface area contributed by atoms with E-state index in [1.54, 1.807) is 0 Å². The summed E-state index contributed by atoms with van der Waals surface area (Å²) in [5.74, 6) is -2.86. The van der Waals surface area contributed by atoms with E-state index in [-0.39, 0.29) is 6.29 Å². The fraction of sp³-hybridized carbons (Fsp3) is 0. The van der Waals surface area contributed by atoms with Crippen LogP contribution in [-0.2, 0) is 0 Å². The van der Waals surface area contributed by atoms with Crippen LogP contribution in [0.2, 0.25) is 0 Å². The second-order valence-corrected chi connectivity index (χ2v) is 2.03. The molecule has 0 bridgehead atoms. The number of hydrogen-bond donors (Lipinski definition) is 4. The Morgan fingerprint density at radius 1 is 1.08 bits per heavy atom. The van der Waals surface area contributed by atoms with Gasteiger partial charge in [0.2, 0.25) is 11.5 Å². The van der Waals surface area contributed by atoms with Crippen molar-refractivity contribution >= 4 is 6.29 Å². The van der Waals surface area contributed by atoms with Gasteiger partial charge in [-0.25, -0.2) is 0 Å². The van der Waals surface area contributed by atoms with Gasteiger partial charge in [-0.15, -0.1) is 0 Å². The summed E-state index contributed by atoms with van der Waals surface area (Å²) in [6, 6.07) is 0. The highest BCUT2D eigenvalue weighted by Crippen LogP contribution is 2.31. The molecule has 64 valence electrons. The molecule has 0 aliphatic carbocycles. The normalized spacial score (nSPS) is 9.67. The number of aromatic hydroxyl groups is 3. The summed E-state index contributed by atoms with van der Waals surface area (Å²) < 4.78 is 0. The molecular formula is C6H5NO5. The highest BCUT2D eigenvalue weighted by molar-refractivity contribution is 5.78. The molecule has 6 nitrogen and oxygen atoms in total. The van der Waals surface area contributed by atoms with Gasteiger partial charge in [-0.1, -0.05) is 0 Å². The lowest BCUT2D eigenvalue weighted by Gasteiger charge is -2.00.